The molecule has 3 rings (SSSR count). The number of aromatic hydroxyl groups is 1. The molecule has 1 heterocycles. The van der Waals surface area contributed by atoms with E-state index in [0.717, 1.165) is 41.7 Å². The zero-order chi connectivity index (χ0) is 17.5. The summed E-state index contributed by atoms with van der Waals surface area (Å²) in [5.41, 5.74) is 2.54. The molecule has 0 radical (unpaired) electrons. The zero-order valence-corrected chi connectivity index (χ0v) is 15.3. The van der Waals surface area contributed by atoms with Gasteiger partial charge in [0.15, 0.2) is 0 Å². The molecule has 2 aliphatic rings. The number of unbranched alkanes of at least 4 members (excludes halogenated alkanes) is 2. The summed E-state index contributed by atoms with van der Waals surface area (Å²) in [5.74, 6) is 1.10. The van der Waals surface area contributed by atoms with Crippen LogP contribution < -0.4 is 4.74 Å². The third kappa shape index (κ3) is 2.95. The molecule has 0 unspecified atom stereocenters. The van der Waals surface area contributed by atoms with Gasteiger partial charge in [-0.25, -0.2) is 0 Å². The predicted molar refractivity (Wildman–Crippen MR) is 96.7 cm³/mol. The summed E-state index contributed by atoms with van der Waals surface area (Å²) in [6, 6.07) is 3.94. The lowest BCUT2D eigenvalue weighted by atomic mass is 9.66. The van der Waals surface area contributed by atoms with E-state index in [-0.39, 0.29) is 23.2 Å². The van der Waals surface area contributed by atoms with Gasteiger partial charge in [0, 0.05) is 17.4 Å². The number of hydrogen-bond acceptors (Lipinski definition) is 3. The second kappa shape index (κ2) is 6.44. The predicted octanol–water partition coefficient (Wildman–Crippen LogP) is 4.71. The van der Waals surface area contributed by atoms with E-state index in [0.29, 0.717) is 0 Å². The average molecular weight is 330 g/mol. The van der Waals surface area contributed by atoms with Crippen LogP contribution in [0, 0.1) is 5.92 Å². The van der Waals surface area contributed by atoms with Crippen LogP contribution in [0.3, 0.4) is 0 Å². The molecule has 24 heavy (non-hydrogen) atoms. The fourth-order valence-electron chi connectivity index (χ4n) is 4.33. The fraction of sp³-hybridized carbons (Fsp3) is 0.619. The minimum absolute atomic E-state index is 0.0987. The lowest BCUT2D eigenvalue weighted by Crippen LogP contribution is -2.49. The first-order valence-electron chi connectivity index (χ1n) is 9.24. The standard InChI is InChI=1S/C21H30O3/c1-5-6-7-8-14-11-16(22)19-17(12-14)24-21(3,4)15-10-9-13(2)20(23)18(15)19/h9,11-12,15,18,20,22-23H,5-8,10H2,1-4H3/t15-,18-,20+/m1/s1. The van der Waals surface area contributed by atoms with Crippen molar-refractivity contribution in [2.45, 2.75) is 77.4 Å². The highest BCUT2D eigenvalue weighted by atomic mass is 16.5. The van der Waals surface area contributed by atoms with Crippen molar-refractivity contribution in [2.75, 3.05) is 0 Å². The number of rotatable bonds is 4. The van der Waals surface area contributed by atoms with E-state index in [4.69, 9.17) is 4.74 Å². The smallest absolute Gasteiger partial charge is 0.127 e. The van der Waals surface area contributed by atoms with Crippen LogP contribution in [-0.2, 0) is 6.42 Å². The molecule has 1 aromatic carbocycles. The Morgan fingerprint density at radius 2 is 2.00 bits per heavy atom. The second-order valence-corrected chi connectivity index (χ2v) is 7.95. The van der Waals surface area contributed by atoms with E-state index in [1.54, 1.807) is 0 Å². The summed E-state index contributed by atoms with van der Waals surface area (Å²) in [5, 5.41) is 21.5. The summed E-state index contributed by atoms with van der Waals surface area (Å²) in [7, 11) is 0. The number of ether oxygens (including phenoxy) is 1. The Balaban J connectivity index is 2.01. The summed E-state index contributed by atoms with van der Waals surface area (Å²) in [6.45, 7) is 8.35. The van der Waals surface area contributed by atoms with Gasteiger partial charge in [-0.2, -0.15) is 0 Å². The molecular formula is C21H30O3. The summed E-state index contributed by atoms with van der Waals surface area (Å²) in [6.07, 6.45) is 6.88. The normalized spacial score (nSPS) is 27.7. The quantitative estimate of drug-likeness (QED) is 0.621. The molecule has 0 spiro atoms. The van der Waals surface area contributed by atoms with Crippen molar-refractivity contribution in [2.24, 2.45) is 5.92 Å². The Labute approximate surface area is 145 Å². The van der Waals surface area contributed by atoms with E-state index in [9.17, 15) is 10.2 Å². The molecule has 3 atom stereocenters. The largest absolute Gasteiger partial charge is 0.508 e. The van der Waals surface area contributed by atoms with Gasteiger partial charge >= 0.3 is 0 Å². The van der Waals surface area contributed by atoms with Gasteiger partial charge in [-0.15, -0.1) is 0 Å². The number of hydrogen-bond donors (Lipinski definition) is 2. The number of fused-ring (bicyclic) bond motifs is 3. The third-order valence-corrected chi connectivity index (χ3v) is 5.78. The lowest BCUT2D eigenvalue weighted by Gasteiger charge is -2.48. The first-order chi connectivity index (χ1) is 11.3. The lowest BCUT2D eigenvalue weighted by molar-refractivity contribution is -0.0210. The number of benzene rings is 1. The Hall–Kier alpha value is -1.48. The van der Waals surface area contributed by atoms with Crippen molar-refractivity contribution in [3.63, 3.8) is 0 Å². The van der Waals surface area contributed by atoms with Crippen LogP contribution in [0.1, 0.15) is 70.4 Å². The maximum Gasteiger partial charge on any atom is 0.127 e. The first-order valence-corrected chi connectivity index (χ1v) is 9.24. The molecule has 0 bridgehead atoms. The Kier molecular flexibility index (Phi) is 4.65. The minimum atomic E-state index is -0.553. The number of phenols is 1. The van der Waals surface area contributed by atoms with Crippen molar-refractivity contribution in [3.8, 4) is 11.5 Å². The van der Waals surface area contributed by atoms with Crippen molar-refractivity contribution >= 4 is 0 Å². The minimum Gasteiger partial charge on any atom is -0.508 e. The number of allylic oxidation sites excluding steroid dienone is 1. The molecule has 0 saturated heterocycles. The van der Waals surface area contributed by atoms with Crippen LogP contribution in [0.15, 0.2) is 23.8 Å². The van der Waals surface area contributed by atoms with Crippen LogP contribution >= 0.6 is 0 Å². The molecule has 0 amide bonds. The highest BCUT2D eigenvalue weighted by Crippen LogP contribution is 2.54. The van der Waals surface area contributed by atoms with E-state index >= 15 is 0 Å². The van der Waals surface area contributed by atoms with Crippen molar-refractivity contribution in [3.05, 3.63) is 34.9 Å². The van der Waals surface area contributed by atoms with Gasteiger partial charge in [-0.05, 0) is 63.3 Å². The van der Waals surface area contributed by atoms with Crippen molar-refractivity contribution in [1.82, 2.24) is 0 Å². The Bertz CT molecular complexity index is 645. The summed E-state index contributed by atoms with van der Waals surface area (Å²) >= 11 is 0. The Morgan fingerprint density at radius 3 is 2.71 bits per heavy atom. The van der Waals surface area contributed by atoms with E-state index < -0.39 is 6.10 Å². The van der Waals surface area contributed by atoms with Crippen molar-refractivity contribution < 1.29 is 14.9 Å². The maximum absolute atomic E-state index is 10.8. The van der Waals surface area contributed by atoms with E-state index in [2.05, 4.69) is 32.9 Å². The monoisotopic (exact) mass is 330 g/mol. The van der Waals surface area contributed by atoms with Crippen molar-refractivity contribution in [1.29, 1.82) is 0 Å². The highest BCUT2D eigenvalue weighted by molar-refractivity contribution is 5.53. The van der Waals surface area contributed by atoms with Gasteiger partial charge in [-0.3, -0.25) is 0 Å². The van der Waals surface area contributed by atoms with Crippen LogP contribution in [-0.4, -0.2) is 21.9 Å². The van der Waals surface area contributed by atoms with E-state index in [1.165, 1.54) is 12.8 Å². The molecule has 0 saturated carbocycles. The number of aryl methyl sites for hydroxylation is 1. The molecule has 0 fully saturated rings. The fourth-order valence-corrected chi connectivity index (χ4v) is 4.33. The molecule has 2 N–H and O–H groups in total. The molecule has 1 aliphatic heterocycles. The summed E-state index contributed by atoms with van der Waals surface area (Å²) < 4.78 is 6.30. The van der Waals surface area contributed by atoms with Gasteiger partial charge in [0.05, 0.1) is 6.10 Å². The second-order valence-electron chi connectivity index (χ2n) is 7.95. The number of aliphatic hydroxyl groups excluding tert-OH is 1. The topological polar surface area (TPSA) is 49.7 Å². The maximum atomic E-state index is 10.8. The zero-order valence-electron chi connectivity index (χ0n) is 15.3. The van der Waals surface area contributed by atoms with Crippen LogP contribution in [0.4, 0.5) is 0 Å². The summed E-state index contributed by atoms with van der Waals surface area (Å²) in [4.78, 5) is 0. The van der Waals surface area contributed by atoms with Gasteiger partial charge in [-0.1, -0.05) is 25.8 Å². The average Bonchev–Trinajstić information content (AvgIpc) is 2.50. The SMILES string of the molecule is CCCCCc1cc(O)c2c(c1)OC(C)(C)[C@@H]1CC=C(C)[C@H](O)[C@@H]21. The van der Waals surface area contributed by atoms with Gasteiger partial charge in [0.25, 0.3) is 0 Å². The van der Waals surface area contributed by atoms with Crippen LogP contribution in [0.5, 0.6) is 11.5 Å². The van der Waals surface area contributed by atoms with Gasteiger partial charge < -0.3 is 14.9 Å². The van der Waals surface area contributed by atoms with E-state index in [1.807, 2.05) is 13.0 Å². The Morgan fingerprint density at radius 1 is 1.25 bits per heavy atom. The van der Waals surface area contributed by atoms with Gasteiger partial charge in [0.2, 0.25) is 0 Å². The molecule has 3 heteroatoms. The highest BCUT2D eigenvalue weighted by Gasteiger charge is 2.49. The molecule has 3 nitrogen and oxygen atoms in total. The third-order valence-electron chi connectivity index (χ3n) is 5.78. The molecule has 0 aromatic heterocycles. The molecule has 1 aliphatic carbocycles. The molecular weight excluding hydrogens is 300 g/mol. The first kappa shape index (κ1) is 17.3. The molecule has 132 valence electrons. The number of aliphatic hydroxyl groups is 1. The van der Waals surface area contributed by atoms with Gasteiger partial charge in [0.1, 0.15) is 17.1 Å². The van der Waals surface area contributed by atoms with Crippen LogP contribution in [0.25, 0.3) is 0 Å². The van der Waals surface area contributed by atoms with Crippen LogP contribution in [0.2, 0.25) is 0 Å². The number of phenolic OH excluding ortho intramolecular Hbond substituents is 1. The molecule has 1 aromatic rings.